The number of aliphatic imine (C=N–C) groups is 1. The molecule has 0 aromatic heterocycles. The molecule has 1 unspecified atom stereocenters. The van der Waals surface area contributed by atoms with Gasteiger partial charge in [-0.05, 0) is 70.2 Å². The second kappa shape index (κ2) is 12.7. The number of halogens is 1. The van der Waals surface area contributed by atoms with Crippen LogP contribution in [-0.2, 0) is 0 Å². The standard InChI is InChI=1S/C25H37N5O2.HI/c1-2-26-25(29-17-12-20(19-29)18-28-14-7-3-8-15-28)27-13-6-9-16-30-23(31)21-10-4-5-11-22(21)24(30)32;/h4-5,10-11,20H,2-3,6-9,12-19H2,1H3,(H,26,27);1H. The van der Waals surface area contributed by atoms with Gasteiger partial charge in [-0.3, -0.25) is 19.5 Å². The van der Waals surface area contributed by atoms with Gasteiger partial charge in [-0.2, -0.15) is 0 Å². The van der Waals surface area contributed by atoms with E-state index in [2.05, 4.69) is 22.0 Å². The molecule has 3 aliphatic rings. The van der Waals surface area contributed by atoms with Crippen LogP contribution in [0.5, 0.6) is 0 Å². The fourth-order valence-corrected chi connectivity index (χ4v) is 5.12. The van der Waals surface area contributed by atoms with Gasteiger partial charge < -0.3 is 15.1 Å². The van der Waals surface area contributed by atoms with Crippen molar-refractivity contribution in [3.8, 4) is 0 Å². The molecule has 1 aromatic rings. The summed E-state index contributed by atoms with van der Waals surface area (Å²) in [7, 11) is 0. The molecule has 0 aliphatic carbocycles. The number of likely N-dealkylation sites (tertiary alicyclic amines) is 2. The summed E-state index contributed by atoms with van der Waals surface area (Å²) in [5.74, 6) is 1.40. The van der Waals surface area contributed by atoms with E-state index >= 15 is 0 Å². The number of rotatable bonds is 8. The number of hydrogen-bond donors (Lipinski definition) is 1. The molecule has 0 bridgehead atoms. The third-order valence-corrected chi connectivity index (χ3v) is 6.81. The molecule has 7 nitrogen and oxygen atoms in total. The van der Waals surface area contributed by atoms with Crippen LogP contribution in [0.15, 0.2) is 29.3 Å². The number of nitrogens with one attached hydrogen (secondary N) is 1. The minimum absolute atomic E-state index is 0. The fourth-order valence-electron chi connectivity index (χ4n) is 5.12. The smallest absolute Gasteiger partial charge is 0.261 e. The number of guanidine groups is 1. The average Bonchev–Trinajstić information content (AvgIpc) is 3.37. The summed E-state index contributed by atoms with van der Waals surface area (Å²) in [6.07, 6.45) is 6.94. The number of carbonyl (C=O) groups is 2. The monoisotopic (exact) mass is 567 g/mol. The van der Waals surface area contributed by atoms with E-state index in [0.29, 0.717) is 24.2 Å². The minimum atomic E-state index is -0.167. The molecule has 1 atom stereocenters. The van der Waals surface area contributed by atoms with E-state index in [-0.39, 0.29) is 35.8 Å². The maximum atomic E-state index is 12.5. The van der Waals surface area contributed by atoms with E-state index in [1.54, 1.807) is 24.3 Å². The Balaban J connectivity index is 0.00000306. The van der Waals surface area contributed by atoms with E-state index in [0.717, 1.165) is 44.4 Å². The summed E-state index contributed by atoms with van der Waals surface area (Å²) in [5, 5.41) is 3.45. The number of fused-ring (bicyclic) bond motifs is 1. The van der Waals surface area contributed by atoms with Gasteiger partial charge in [0, 0.05) is 39.3 Å². The first-order valence-corrected chi connectivity index (χ1v) is 12.4. The van der Waals surface area contributed by atoms with E-state index in [1.165, 1.54) is 50.2 Å². The van der Waals surface area contributed by atoms with Crippen molar-refractivity contribution in [2.45, 2.75) is 45.4 Å². The van der Waals surface area contributed by atoms with E-state index in [1.807, 2.05) is 0 Å². The van der Waals surface area contributed by atoms with Gasteiger partial charge in [0.2, 0.25) is 0 Å². The van der Waals surface area contributed by atoms with Crippen molar-refractivity contribution < 1.29 is 9.59 Å². The molecule has 0 radical (unpaired) electrons. The van der Waals surface area contributed by atoms with Gasteiger partial charge in [-0.25, -0.2) is 0 Å². The topological polar surface area (TPSA) is 68.2 Å². The molecule has 2 fully saturated rings. The number of carbonyl (C=O) groups excluding carboxylic acids is 2. The quantitative estimate of drug-likeness (QED) is 0.172. The van der Waals surface area contributed by atoms with Crippen LogP contribution in [0.3, 0.4) is 0 Å². The molecule has 2 amide bonds. The van der Waals surface area contributed by atoms with Crippen molar-refractivity contribution in [1.82, 2.24) is 20.0 Å². The van der Waals surface area contributed by atoms with Crippen LogP contribution in [0.25, 0.3) is 0 Å². The summed E-state index contributed by atoms with van der Waals surface area (Å²) in [6, 6.07) is 7.08. The summed E-state index contributed by atoms with van der Waals surface area (Å²) >= 11 is 0. The van der Waals surface area contributed by atoms with Crippen molar-refractivity contribution in [1.29, 1.82) is 0 Å². The predicted molar refractivity (Wildman–Crippen MR) is 142 cm³/mol. The lowest BCUT2D eigenvalue weighted by molar-refractivity contribution is 0.0652. The Morgan fingerprint density at radius 1 is 1.03 bits per heavy atom. The number of benzene rings is 1. The molecule has 2 saturated heterocycles. The SMILES string of the molecule is CCNC(=NCCCCN1C(=O)c2ccccc2C1=O)N1CCC(CN2CCCCC2)C1.I. The molecule has 8 heteroatoms. The van der Waals surface area contributed by atoms with Crippen molar-refractivity contribution >= 4 is 41.8 Å². The highest BCUT2D eigenvalue weighted by molar-refractivity contribution is 14.0. The highest BCUT2D eigenvalue weighted by Gasteiger charge is 2.34. The fraction of sp³-hybridized carbons (Fsp3) is 0.640. The zero-order valence-corrected chi connectivity index (χ0v) is 22.1. The van der Waals surface area contributed by atoms with Crippen LogP contribution in [0.1, 0.15) is 66.2 Å². The van der Waals surface area contributed by atoms with Gasteiger partial charge in [0.25, 0.3) is 11.8 Å². The largest absolute Gasteiger partial charge is 0.357 e. The number of piperidine rings is 1. The van der Waals surface area contributed by atoms with Gasteiger partial charge in [-0.1, -0.05) is 18.6 Å². The number of hydrogen-bond acceptors (Lipinski definition) is 4. The summed E-state index contributed by atoms with van der Waals surface area (Å²) in [5.41, 5.74) is 1.05. The molecule has 1 N–H and O–H groups in total. The molecular formula is C25H38IN5O2. The second-order valence-electron chi connectivity index (χ2n) is 9.21. The minimum Gasteiger partial charge on any atom is -0.357 e. The molecular weight excluding hydrogens is 529 g/mol. The highest BCUT2D eigenvalue weighted by atomic mass is 127. The Hall–Kier alpha value is -1.68. The second-order valence-corrected chi connectivity index (χ2v) is 9.21. The molecule has 3 heterocycles. The van der Waals surface area contributed by atoms with Crippen LogP contribution >= 0.6 is 24.0 Å². The Bertz CT molecular complexity index is 805. The summed E-state index contributed by atoms with van der Waals surface area (Å²) < 4.78 is 0. The first-order chi connectivity index (χ1) is 15.7. The van der Waals surface area contributed by atoms with Crippen LogP contribution in [0.2, 0.25) is 0 Å². The van der Waals surface area contributed by atoms with Crippen molar-refractivity contribution in [3.63, 3.8) is 0 Å². The van der Waals surface area contributed by atoms with E-state index in [9.17, 15) is 9.59 Å². The summed E-state index contributed by atoms with van der Waals surface area (Å²) in [6.45, 7) is 10.0. The van der Waals surface area contributed by atoms with Gasteiger partial charge in [-0.15, -0.1) is 24.0 Å². The lowest BCUT2D eigenvalue weighted by atomic mass is 10.1. The lowest BCUT2D eigenvalue weighted by Crippen LogP contribution is -2.41. The highest BCUT2D eigenvalue weighted by Crippen LogP contribution is 2.23. The van der Waals surface area contributed by atoms with Crippen molar-refractivity contribution in [2.75, 3.05) is 52.4 Å². The van der Waals surface area contributed by atoms with Crippen LogP contribution in [-0.4, -0.2) is 84.8 Å². The third-order valence-electron chi connectivity index (χ3n) is 6.81. The number of nitrogens with zero attached hydrogens (tertiary/aromatic N) is 4. The Kier molecular flexibility index (Phi) is 9.97. The first kappa shape index (κ1) is 25.9. The Morgan fingerprint density at radius 2 is 1.73 bits per heavy atom. The third kappa shape index (κ3) is 6.47. The first-order valence-electron chi connectivity index (χ1n) is 12.4. The van der Waals surface area contributed by atoms with Crippen molar-refractivity contribution in [3.05, 3.63) is 35.4 Å². The van der Waals surface area contributed by atoms with Crippen molar-refractivity contribution in [2.24, 2.45) is 10.9 Å². The molecule has 0 spiro atoms. The van der Waals surface area contributed by atoms with Gasteiger partial charge >= 0.3 is 0 Å². The molecule has 182 valence electrons. The van der Waals surface area contributed by atoms with Gasteiger partial charge in [0.15, 0.2) is 5.96 Å². The van der Waals surface area contributed by atoms with Crippen LogP contribution in [0.4, 0.5) is 0 Å². The molecule has 33 heavy (non-hydrogen) atoms. The maximum absolute atomic E-state index is 12.5. The van der Waals surface area contributed by atoms with E-state index < -0.39 is 0 Å². The van der Waals surface area contributed by atoms with Crippen LogP contribution < -0.4 is 5.32 Å². The number of imide groups is 1. The zero-order valence-electron chi connectivity index (χ0n) is 19.8. The summed E-state index contributed by atoms with van der Waals surface area (Å²) in [4.78, 5) is 36.2. The molecule has 1 aromatic carbocycles. The van der Waals surface area contributed by atoms with Gasteiger partial charge in [0.05, 0.1) is 11.1 Å². The maximum Gasteiger partial charge on any atom is 0.261 e. The van der Waals surface area contributed by atoms with E-state index in [4.69, 9.17) is 4.99 Å². The Morgan fingerprint density at radius 3 is 2.39 bits per heavy atom. The average molecular weight is 568 g/mol. The zero-order chi connectivity index (χ0) is 22.3. The Labute approximate surface area is 215 Å². The molecule has 0 saturated carbocycles. The van der Waals surface area contributed by atoms with Gasteiger partial charge in [0.1, 0.15) is 0 Å². The number of unbranched alkanes of at least 4 members (excludes halogenated alkanes) is 1. The molecule has 4 rings (SSSR count). The molecule has 3 aliphatic heterocycles. The van der Waals surface area contributed by atoms with Crippen LogP contribution in [0, 0.1) is 5.92 Å². The predicted octanol–water partition coefficient (Wildman–Crippen LogP) is 3.45. The lowest BCUT2D eigenvalue weighted by Gasteiger charge is -2.29. The number of amides is 2. The normalized spacial score (nSPS) is 21.4.